The lowest BCUT2D eigenvalue weighted by molar-refractivity contribution is -0.0892. The number of pyridine rings is 1. The number of anilines is 1. The molecule has 0 spiro atoms. The highest BCUT2D eigenvalue weighted by Gasteiger charge is 2.23. The molecule has 0 bridgehead atoms. The Bertz CT molecular complexity index is 520. The van der Waals surface area contributed by atoms with Gasteiger partial charge in [0.25, 0.3) is 0 Å². The van der Waals surface area contributed by atoms with Crippen LogP contribution in [0, 0.1) is 0 Å². The van der Waals surface area contributed by atoms with Crippen LogP contribution >= 0.6 is 21.2 Å². The molecular formula is C12H11F2N2OPS. The second kappa shape index (κ2) is 6.17. The van der Waals surface area contributed by atoms with Crippen molar-refractivity contribution in [3.8, 4) is 5.75 Å². The van der Waals surface area contributed by atoms with Gasteiger partial charge in [-0.25, -0.2) is 4.98 Å². The molecule has 1 N–H and O–H groups in total. The summed E-state index contributed by atoms with van der Waals surface area (Å²) < 4.78 is 32.6. The molecule has 0 aliphatic rings. The largest absolute Gasteiger partial charge is 0.430 e. The van der Waals surface area contributed by atoms with Gasteiger partial charge in [0.05, 0.1) is 0 Å². The molecule has 0 saturated heterocycles. The van der Waals surface area contributed by atoms with Crippen molar-refractivity contribution < 1.29 is 13.5 Å². The van der Waals surface area contributed by atoms with Crippen LogP contribution in [0.25, 0.3) is 0 Å². The van der Waals surface area contributed by atoms with E-state index in [0.29, 0.717) is 0 Å². The Labute approximate surface area is 116 Å². The van der Waals surface area contributed by atoms with Gasteiger partial charge in [-0.15, -0.1) is 0 Å². The average molecular weight is 300 g/mol. The number of hydrogen-bond acceptors (Lipinski definition) is 4. The Morgan fingerprint density at radius 1 is 1.16 bits per heavy atom. The summed E-state index contributed by atoms with van der Waals surface area (Å²) in [5.74, 6) is -2.41. The Hall–Kier alpha value is -1.39. The quantitative estimate of drug-likeness (QED) is 0.668. The first kappa shape index (κ1) is 14.0. The highest BCUT2D eigenvalue weighted by molar-refractivity contribution is 8.00. The van der Waals surface area contributed by atoms with Crippen LogP contribution in [0.2, 0.25) is 0 Å². The van der Waals surface area contributed by atoms with E-state index in [4.69, 9.17) is 0 Å². The maximum Gasteiger partial charge on any atom is 0.408 e. The minimum atomic E-state index is -3.25. The van der Waals surface area contributed by atoms with Gasteiger partial charge in [0.2, 0.25) is 0 Å². The fraction of sp³-hybridized carbons (Fsp3) is 0.0833. The van der Waals surface area contributed by atoms with Crippen molar-refractivity contribution in [2.75, 3.05) is 4.72 Å². The topological polar surface area (TPSA) is 34.1 Å². The number of alkyl halides is 2. The van der Waals surface area contributed by atoms with Crippen LogP contribution in [0.1, 0.15) is 0 Å². The molecule has 7 heteroatoms. The van der Waals surface area contributed by atoms with Crippen molar-refractivity contribution in [1.82, 2.24) is 4.98 Å². The summed E-state index contributed by atoms with van der Waals surface area (Å²) in [5, 5.41) is 0. The SMILES string of the molecule is FC(F)(P)Oc1ccc(SNc2ccccn2)cc1. The number of halogens is 2. The fourth-order valence-electron chi connectivity index (χ4n) is 1.27. The molecule has 19 heavy (non-hydrogen) atoms. The second-order valence-corrected chi connectivity index (χ2v) is 5.11. The smallest absolute Gasteiger partial charge is 0.408 e. The molecule has 2 aromatic rings. The van der Waals surface area contributed by atoms with Gasteiger partial charge in [-0.05, 0) is 57.6 Å². The molecule has 3 nitrogen and oxygen atoms in total. The third kappa shape index (κ3) is 5.01. The monoisotopic (exact) mass is 300 g/mol. The summed E-state index contributed by atoms with van der Waals surface area (Å²) in [5.41, 5.74) is 0. The Balaban J connectivity index is 1.92. The highest BCUT2D eigenvalue weighted by atomic mass is 32.2. The van der Waals surface area contributed by atoms with Gasteiger partial charge in [-0.2, -0.15) is 8.78 Å². The maximum atomic E-state index is 12.6. The predicted molar refractivity (Wildman–Crippen MR) is 75.4 cm³/mol. The molecule has 0 saturated carbocycles. The number of nitrogens with zero attached hydrogens (tertiary/aromatic N) is 1. The zero-order chi connectivity index (χ0) is 13.7. The lowest BCUT2D eigenvalue weighted by Gasteiger charge is -2.12. The maximum absolute atomic E-state index is 12.6. The van der Waals surface area contributed by atoms with Gasteiger partial charge in [-0.3, -0.25) is 0 Å². The molecule has 0 amide bonds. The predicted octanol–water partition coefficient (Wildman–Crippen LogP) is 4.01. The molecule has 1 aromatic heterocycles. The number of hydrogen-bond donors (Lipinski definition) is 1. The first-order chi connectivity index (χ1) is 9.03. The zero-order valence-electron chi connectivity index (χ0n) is 9.72. The van der Waals surface area contributed by atoms with Crippen LogP contribution < -0.4 is 9.46 Å². The van der Waals surface area contributed by atoms with E-state index in [1.54, 1.807) is 18.3 Å². The third-order valence-corrected chi connectivity index (χ3v) is 2.95. The van der Waals surface area contributed by atoms with Gasteiger partial charge in [0.1, 0.15) is 11.6 Å². The molecule has 1 aromatic carbocycles. The van der Waals surface area contributed by atoms with Gasteiger partial charge in [-0.1, -0.05) is 6.07 Å². The van der Waals surface area contributed by atoms with Crippen LogP contribution in [0.3, 0.4) is 0 Å². The number of benzene rings is 1. The number of nitrogens with one attached hydrogen (secondary N) is 1. The summed E-state index contributed by atoms with van der Waals surface area (Å²) in [6.07, 6.45) is 1.68. The van der Waals surface area contributed by atoms with Crippen LogP contribution in [0.5, 0.6) is 5.75 Å². The molecule has 0 fully saturated rings. The number of ether oxygens (including phenoxy) is 1. The van der Waals surface area contributed by atoms with E-state index in [0.717, 1.165) is 10.7 Å². The molecule has 0 aliphatic heterocycles. The fourth-order valence-corrected chi connectivity index (χ4v) is 2.02. The summed E-state index contributed by atoms with van der Waals surface area (Å²) in [7, 11) is 1.33. The van der Waals surface area contributed by atoms with E-state index in [-0.39, 0.29) is 5.75 Å². The molecule has 1 atom stereocenters. The summed E-state index contributed by atoms with van der Waals surface area (Å²) in [4.78, 5) is 4.97. The van der Waals surface area contributed by atoms with Crippen molar-refractivity contribution in [1.29, 1.82) is 0 Å². The first-order valence-corrected chi connectivity index (χ1v) is 6.72. The van der Waals surface area contributed by atoms with Gasteiger partial charge in [0.15, 0.2) is 0 Å². The molecule has 0 aliphatic carbocycles. The Morgan fingerprint density at radius 3 is 2.47 bits per heavy atom. The van der Waals surface area contributed by atoms with E-state index in [1.807, 2.05) is 18.2 Å². The van der Waals surface area contributed by atoms with Crippen LogP contribution in [-0.2, 0) is 0 Å². The van der Waals surface area contributed by atoms with Crippen molar-refractivity contribution in [3.63, 3.8) is 0 Å². The van der Waals surface area contributed by atoms with Crippen LogP contribution in [0.15, 0.2) is 53.6 Å². The molecule has 100 valence electrons. The lowest BCUT2D eigenvalue weighted by atomic mass is 10.3. The van der Waals surface area contributed by atoms with Crippen molar-refractivity contribution in [2.45, 2.75) is 10.7 Å². The van der Waals surface area contributed by atoms with E-state index in [1.165, 1.54) is 33.3 Å². The van der Waals surface area contributed by atoms with E-state index >= 15 is 0 Å². The molecule has 1 unspecified atom stereocenters. The summed E-state index contributed by atoms with van der Waals surface area (Å²) in [6.45, 7) is 0. The van der Waals surface area contributed by atoms with Crippen molar-refractivity contribution in [2.24, 2.45) is 0 Å². The van der Waals surface area contributed by atoms with Gasteiger partial charge >= 0.3 is 5.85 Å². The molecular weight excluding hydrogens is 289 g/mol. The standard InChI is InChI=1S/C12H11F2N2OPS/c13-12(14,18)17-9-4-6-10(7-5-9)19-16-11-3-1-2-8-15-11/h1-8H,18H2,(H,15,16). The van der Waals surface area contributed by atoms with E-state index in [9.17, 15) is 8.78 Å². The summed E-state index contributed by atoms with van der Waals surface area (Å²) in [6, 6.07) is 11.9. The molecule has 0 radical (unpaired) electrons. The van der Waals surface area contributed by atoms with Crippen molar-refractivity contribution >= 4 is 27.0 Å². The Kier molecular flexibility index (Phi) is 4.56. The normalized spacial score (nSPS) is 11.1. The highest BCUT2D eigenvalue weighted by Crippen LogP contribution is 2.28. The molecule has 2 rings (SSSR count). The zero-order valence-corrected chi connectivity index (χ0v) is 11.7. The number of rotatable bonds is 5. The molecule has 1 heterocycles. The van der Waals surface area contributed by atoms with Crippen LogP contribution in [-0.4, -0.2) is 10.8 Å². The first-order valence-electron chi connectivity index (χ1n) is 5.32. The van der Waals surface area contributed by atoms with Gasteiger partial charge in [0, 0.05) is 11.1 Å². The van der Waals surface area contributed by atoms with Crippen LogP contribution in [0.4, 0.5) is 14.6 Å². The van der Waals surface area contributed by atoms with E-state index in [2.05, 4.69) is 14.4 Å². The van der Waals surface area contributed by atoms with Crippen molar-refractivity contribution in [3.05, 3.63) is 48.7 Å². The minimum absolute atomic E-state index is 0.113. The number of aromatic nitrogens is 1. The minimum Gasteiger partial charge on any atom is -0.430 e. The van der Waals surface area contributed by atoms with E-state index < -0.39 is 5.85 Å². The Morgan fingerprint density at radius 2 is 1.89 bits per heavy atom. The average Bonchev–Trinajstić information content (AvgIpc) is 2.37. The second-order valence-electron chi connectivity index (χ2n) is 3.55. The lowest BCUT2D eigenvalue weighted by Crippen LogP contribution is -2.14. The summed E-state index contributed by atoms with van der Waals surface area (Å²) >= 11 is 1.34. The van der Waals surface area contributed by atoms with Gasteiger partial charge < -0.3 is 9.46 Å². The third-order valence-electron chi connectivity index (χ3n) is 2.02.